The number of carbonyl (C=O) groups excluding carboxylic acids is 1. The lowest BCUT2D eigenvalue weighted by atomic mass is 10.0. The summed E-state index contributed by atoms with van der Waals surface area (Å²) in [5.41, 5.74) is 0.548. The van der Waals surface area contributed by atoms with Crippen molar-refractivity contribution in [2.45, 2.75) is 19.4 Å². The number of hydrogen-bond donors (Lipinski definition) is 1. The number of rotatable bonds is 3. The maximum absolute atomic E-state index is 12.5. The number of hydrogen-bond acceptors (Lipinski definition) is 4. The quantitative estimate of drug-likeness (QED) is 0.917. The van der Waals surface area contributed by atoms with Gasteiger partial charge in [0, 0.05) is 25.1 Å². The first-order valence-electron chi connectivity index (χ1n) is 7.07. The summed E-state index contributed by atoms with van der Waals surface area (Å²) >= 11 is 0. The van der Waals surface area contributed by atoms with Crippen LogP contribution < -0.4 is 0 Å². The van der Waals surface area contributed by atoms with Crippen LogP contribution in [0, 0.1) is 5.92 Å². The van der Waals surface area contributed by atoms with Crippen molar-refractivity contribution in [3.05, 3.63) is 42.6 Å². The fourth-order valence-corrected chi connectivity index (χ4v) is 2.76. The summed E-state index contributed by atoms with van der Waals surface area (Å²) in [5, 5.41) is 9.45. The summed E-state index contributed by atoms with van der Waals surface area (Å²) in [6.45, 7) is 2.76. The molecule has 3 heterocycles. The van der Waals surface area contributed by atoms with E-state index < -0.39 is 0 Å². The van der Waals surface area contributed by atoms with E-state index in [1.165, 1.54) is 0 Å². The number of aromatic nitrogens is 3. The van der Waals surface area contributed by atoms with E-state index in [2.05, 4.69) is 16.9 Å². The van der Waals surface area contributed by atoms with E-state index in [0.29, 0.717) is 18.0 Å². The van der Waals surface area contributed by atoms with E-state index in [1.54, 1.807) is 46.5 Å². The van der Waals surface area contributed by atoms with Gasteiger partial charge in [0.25, 0.3) is 5.91 Å². The molecular weight excluding hydrogens is 268 g/mol. The molecule has 0 aromatic carbocycles. The third-order valence-electron chi connectivity index (χ3n) is 4.09. The fraction of sp³-hybridized carbons (Fsp3) is 0.400. The minimum atomic E-state index is -0.0918. The number of aliphatic hydroxyl groups is 1. The van der Waals surface area contributed by atoms with E-state index >= 15 is 0 Å². The van der Waals surface area contributed by atoms with Crippen molar-refractivity contribution in [2.75, 3.05) is 13.2 Å². The molecule has 2 unspecified atom stereocenters. The predicted molar refractivity (Wildman–Crippen MR) is 77.1 cm³/mol. The SMILES string of the molecule is CC1CCN(C(=O)c2ccc(-n3ccnc3)nc2)C1CO. The maximum atomic E-state index is 12.5. The first-order valence-corrected chi connectivity index (χ1v) is 7.07. The molecule has 1 N–H and O–H groups in total. The van der Waals surface area contributed by atoms with Gasteiger partial charge < -0.3 is 10.0 Å². The Morgan fingerprint density at radius 1 is 1.48 bits per heavy atom. The molecule has 0 saturated carbocycles. The van der Waals surface area contributed by atoms with E-state index in [0.717, 1.165) is 12.2 Å². The zero-order chi connectivity index (χ0) is 14.8. The van der Waals surface area contributed by atoms with Gasteiger partial charge in [0.2, 0.25) is 0 Å². The highest BCUT2D eigenvalue weighted by molar-refractivity contribution is 5.94. The molecule has 21 heavy (non-hydrogen) atoms. The Morgan fingerprint density at radius 3 is 2.95 bits per heavy atom. The number of carbonyl (C=O) groups is 1. The van der Waals surface area contributed by atoms with Crippen molar-refractivity contribution in [3.8, 4) is 5.82 Å². The summed E-state index contributed by atoms with van der Waals surface area (Å²) < 4.78 is 1.78. The first-order chi connectivity index (χ1) is 10.2. The van der Waals surface area contributed by atoms with Gasteiger partial charge in [0.1, 0.15) is 12.1 Å². The topological polar surface area (TPSA) is 71.2 Å². The van der Waals surface area contributed by atoms with Gasteiger partial charge in [0.05, 0.1) is 18.2 Å². The monoisotopic (exact) mass is 286 g/mol. The van der Waals surface area contributed by atoms with Crippen LogP contribution in [-0.2, 0) is 0 Å². The molecule has 0 bridgehead atoms. The van der Waals surface area contributed by atoms with Crippen molar-refractivity contribution < 1.29 is 9.90 Å². The van der Waals surface area contributed by atoms with Crippen LogP contribution in [-0.4, -0.2) is 49.6 Å². The van der Waals surface area contributed by atoms with Crippen LogP contribution in [0.2, 0.25) is 0 Å². The Morgan fingerprint density at radius 2 is 2.33 bits per heavy atom. The zero-order valence-corrected chi connectivity index (χ0v) is 11.9. The van der Waals surface area contributed by atoms with Gasteiger partial charge in [-0.05, 0) is 24.5 Å². The number of amides is 1. The van der Waals surface area contributed by atoms with Crippen LogP contribution in [0.25, 0.3) is 5.82 Å². The Balaban J connectivity index is 1.79. The molecule has 2 aromatic heterocycles. The predicted octanol–water partition coefficient (Wildman–Crippen LogP) is 1.11. The summed E-state index contributed by atoms with van der Waals surface area (Å²) in [6.07, 6.45) is 7.65. The molecule has 3 rings (SSSR count). The van der Waals surface area contributed by atoms with Crippen LogP contribution in [0.1, 0.15) is 23.7 Å². The van der Waals surface area contributed by atoms with Gasteiger partial charge in [-0.1, -0.05) is 6.92 Å². The third kappa shape index (κ3) is 2.54. The number of imidazole rings is 1. The molecule has 6 nitrogen and oxygen atoms in total. The molecule has 110 valence electrons. The smallest absolute Gasteiger partial charge is 0.255 e. The van der Waals surface area contributed by atoms with Crippen LogP contribution >= 0.6 is 0 Å². The van der Waals surface area contributed by atoms with E-state index in [9.17, 15) is 9.90 Å². The Hall–Kier alpha value is -2.21. The Kier molecular flexibility index (Phi) is 3.70. The second-order valence-corrected chi connectivity index (χ2v) is 5.39. The number of pyridine rings is 1. The number of nitrogens with zero attached hydrogens (tertiary/aromatic N) is 4. The molecule has 1 fully saturated rings. The molecule has 1 amide bonds. The molecule has 2 atom stereocenters. The fourth-order valence-electron chi connectivity index (χ4n) is 2.76. The van der Waals surface area contributed by atoms with Gasteiger partial charge in [0.15, 0.2) is 0 Å². The van der Waals surface area contributed by atoms with Crippen LogP contribution in [0.5, 0.6) is 0 Å². The van der Waals surface area contributed by atoms with Crippen molar-refractivity contribution in [1.82, 2.24) is 19.4 Å². The van der Waals surface area contributed by atoms with Gasteiger partial charge in [-0.3, -0.25) is 9.36 Å². The number of aliphatic hydroxyl groups excluding tert-OH is 1. The highest BCUT2D eigenvalue weighted by atomic mass is 16.3. The van der Waals surface area contributed by atoms with Crippen LogP contribution in [0.3, 0.4) is 0 Å². The molecule has 1 aliphatic heterocycles. The molecule has 2 aromatic rings. The molecule has 1 saturated heterocycles. The highest BCUT2D eigenvalue weighted by Crippen LogP contribution is 2.25. The zero-order valence-electron chi connectivity index (χ0n) is 11.9. The van der Waals surface area contributed by atoms with Gasteiger partial charge >= 0.3 is 0 Å². The van der Waals surface area contributed by atoms with E-state index in [-0.39, 0.29) is 18.6 Å². The largest absolute Gasteiger partial charge is 0.394 e. The van der Waals surface area contributed by atoms with Crippen LogP contribution in [0.4, 0.5) is 0 Å². The van der Waals surface area contributed by atoms with Crippen molar-refractivity contribution in [3.63, 3.8) is 0 Å². The van der Waals surface area contributed by atoms with Gasteiger partial charge in [-0.15, -0.1) is 0 Å². The van der Waals surface area contributed by atoms with E-state index in [1.807, 2.05) is 0 Å². The lowest BCUT2D eigenvalue weighted by Gasteiger charge is -2.25. The number of likely N-dealkylation sites (tertiary alicyclic amines) is 1. The lowest BCUT2D eigenvalue weighted by molar-refractivity contribution is 0.0648. The van der Waals surface area contributed by atoms with Crippen molar-refractivity contribution in [1.29, 1.82) is 0 Å². The first kappa shape index (κ1) is 13.8. The third-order valence-corrected chi connectivity index (χ3v) is 4.09. The second kappa shape index (κ2) is 5.65. The summed E-state index contributed by atoms with van der Waals surface area (Å²) in [4.78, 5) is 22.5. The standard InChI is InChI=1S/C15H18N4O2/c1-11-4-6-19(13(11)9-20)15(21)12-2-3-14(17-8-12)18-7-5-16-10-18/h2-3,5,7-8,10-11,13,20H,4,6,9H2,1H3. The van der Waals surface area contributed by atoms with Gasteiger partial charge in [-0.25, -0.2) is 9.97 Å². The molecule has 0 aliphatic carbocycles. The maximum Gasteiger partial charge on any atom is 0.255 e. The summed E-state index contributed by atoms with van der Waals surface area (Å²) in [5.74, 6) is 0.984. The highest BCUT2D eigenvalue weighted by Gasteiger charge is 2.34. The van der Waals surface area contributed by atoms with Gasteiger partial charge in [-0.2, -0.15) is 0 Å². The van der Waals surface area contributed by atoms with Crippen LogP contribution in [0.15, 0.2) is 37.1 Å². The van der Waals surface area contributed by atoms with Crippen molar-refractivity contribution >= 4 is 5.91 Å². The second-order valence-electron chi connectivity index (χ2n) is 5.39. The average molecular weight is 286 g/mol. The van der Waals surface area contributed by atoms with Crippen molar-refractivity contribution in [2.24, 2.45) is 5.92 Å². The molecule has 1 aliphatic rings. The Labute approximate surface area is 123 Å². The molecular formula is C15H18N4O2. The molecule has 0 radical (unpaired) electrons. The van der Waals surface area contributed by atoms with E-state index in [4.69, 9.17) is 0 Å². The Bertz CT molecular complexity index is 609. The summed E-state index contributed by atoms with van der Waals surface area (Å²) in [6, 6.07) is 3.47. The summed E-state index contributed by atoms with van der Waals surface area (Å²) in [7, 11) is 0. The normalized spacial score (nSPS) is 21.7. The minimum Gasteiger partial charge on any atom is -0.394 e. The lowest BCUT2D eigenvalue weighted by Crippen LogP contribution is -2.39. The molecule has 6 heteroatoms. The molecule has 0 spiro atoms. The average Bonchev–Trinajstić information content (AvgIpc) is 3.16. The minimum absolute atomic E-state index is 0.00740.